The number of phenolic OH excluding ortho intramolecular Hbond substituents is 1. The molecule has 0 aromatic heterocycles. The number of carbonyl (C=O) groups is 1. The van der Waals surface area contributed by atoms with Crippen LogP contribution in [-0.4, -0.2) is 27.9 Å². The summed E-state index contributed by atoms with van der Waals surface area (Å²) in [7, 11) is 0. The van der Waals surface area contributed by atoms with E-state index >= 15 is 0 Å². The Labute approximate surface area is 195 Å². The normalized spacial score (nSPS) is 11.1. The maximum Gasteiger partial charge on any atom is 0.343 e. The quantitative estimate of drug-likeness (QED) is 0.148. The van der Waals surface area contributed by atoms with E-state index in [0.29, 0.717) is 25.0 Å². The minimum Gasteiger partial charge on any atom is -0.504 e. The van der Waals surface area contributed by atoms with Crippen LogP contribution in [-0.2, 0) is 12.8 Å². The first-order valence-corrected chi connectivity index (χ1v) is 12.9. The van der Waals surface area contributed by atoms with Crippen LogP contribution in [0.25, 0.3) is 0 Å². The fourth-order valence-electron chi connectivity index (χ4n) is 4.35. The Bertz CT molecular complexity index is 669. The van der Waals surface area contributed by atoms with Crippen molar-refractivity contribution in [3.8, 4) is 17.2 Å². The minimum atomic E-state index is -1.27. The Morgan fingerprint density at radius 2 is 1.09 bits per heavy atom. The molecule has 0 unspecified atom stereocenters. The molecule has 5 heteroatoms. The van der Waals surface area contributed by atoms with Gasteiger partial charge in [0.05, 0.1) is 6.61 Å². The lowest BCUT2D eigenvalue weighted by Gasteiger charge is -2.20. The molecule has 0 amide bonds. The second-order valence-electron chi connectivity index (χ2n) is 8.84. The van der Waals surface area contributed by atoms with Crippen molar-refractivity contribution in [3.05, 3.63) is 16.7 Å². The molecule has 0 saturated heterocycles. The van der Waals surface area contributed by atoms with E-state index < -0.39 is 11.7 Å². The van der Waals surface area contributed by atoms with E-state index in [9.17, 15) is 20.1 Å². The molecule has 0 fully saturated rings. The highest BCUT2D eigenvalue weighted by molar-refractivity contribution is 5.96. The average molecular weight is 451 g/mol. The first-order valence-electron chi connectivity index (χ1n) is 12.9. The SMILES string of the molecule is CCCCCCCCCc1c(O)c(O)c(C(=O)O)c(OCC)c1CCCCCCCCC. The molecule has 0 spiro atoms. The van der Waals surface area contributed by atoms with E-state index in [-0.39, 0.29) is 17.1 Å². The summed E-state index contributed by atoms with van der Waals surface area (Å²) >= 11 is 0. The van der Waals surface area contributed by atoms with E-state index in [1.165, 1.54) is 51.4 Å². The molecule has 0 aliphatic heterocycles. The fourth-order valence-corrected chi connectivity index (χ4v) is 4.35. The van der Waals surface area contributed by atoms with Gasteiger partial charge >= 0.3 is 5.97 Å². The summed E-state index contributed by atoms with van der Waals surface area (Å²) in [6, 6.07) is 0. The van der Waals surface area contributed by atoms with Crippen LogP contribution in [0.2, 0.25) is 0 Å². The molecule has 0 aliphatic rings. The number of aromatic hydroxyl groups is 2. The molecule has 0 saturated carbocycles. The number of phenols is 2. The maximum atomic E-state index is 11.8. The van der Waals surface area contributed by atoms with E-state index in [2.05, 4.69) is 13.8 Å². The summed E-state index contributed by atoms with van der Waals surface area (Å²) in [5, 5.41) is 30.8. The van der Waals surface area contributed by atoms with Crippen LogP contribution >= 0.6 is 0 Å². The van der Waals surface area contributed by atoms with Gasteiger partial charge in [0, 0.05) is 11.1 Å². The molecule has 1 rings (SSSR count). The molecule has 3 N–H and O–H groups in total. The summed E-state index contributed by atoms with van der Waals surface area (Å²) in [6.45, 7) is 6.53. The molecular formula is C27H46O5. The highest BCUT2D eigenvalue weighted by Crippen LogP contribution is 2.44. The van der Waals surface area contributed by atoms with Gasteiger partial charge in [-0.05, 0) is 32.6 Å². The molecular weight excluding hydrogens is 404 g/mol. The molecule has 1 aromatic rings. The molecule has 0 heterocycles. The molecule has 32 heavy (non-hydrogen) atoms. The van der Waals surface area contributed by atoms with E-state index in [4.69, 9.17) is 4.74 Å². The van der Waals surface area contributed by atoms with Gasteiger partial charge in [0.15, 0.2) is 11.5 Å². The average Bonchev–Trinajstić information content (AvgIpc) is 2.76. The van der Waals surface area contributed by atoms with Gasteiger partial charge in [-0.1, -0.05) is 90.9 Å². The van der Waals surface area contributed by atoms with E-state index in [1.807, 2.05) is 6.92 Å². The van der Waals surface area contributed by atoms with Crippen molar-refractivity contribution in [1.82, 2.24) is 0 Å². The lowest BCUT2D eigenvalue weighted by molar-refractivity contribution is 0.0688. The number of rotatable bonds is 19. The summed E-state index contributed by atoms with van der Waals surface area (Å²) in [5.74, 6) is -1.89. The van der Waals surface area contributed by atoms with Crippen molar-refractivity contribution in [2.24, 2.45) is 0 Å². The third kappa shape index (κ3) is 9.30. The Hall–Kier alpha value is -1.91. The maximum absolute atomic E-state index is 11.8. The highest BCUT2D eigenvalue weighted by Gasteiger charge is 2.28. The number of carboxylic acids is 1. The standard InChI is InChI=1S/C27H46O5/c1-4-7-9-11-13-15-17-19-21-22(20-18-16-14-12-10-8-5-2)26(32-6-3)23(27(30)31)25(29)24(21)28/h28-29H,4-20H2,1-3H3,(H,30,31). The molecule has 0 aliphatic carbocycles. The van der Waals surface area contributed by atoms with Gasteiger partial charge < -0.3 is 20.1 Å². The molecule has 184 valence electrons. The van der Waals surface area contributed by atoms with Crippen LogP contribution in [0, 0.1) is 0 Å². The van der Waals surface area contributed by atoms with Crippen molar-refractivity contribution in [2.45, 2.75) is 124 Å². The lowest BCUT2D eigenvalue weighted by atomic mass is 9.91. The van der Waals surface area contributed by atoms with Gasteiger partial charge in [-0.2, -0.15) is 0 Å². The van der Waals surface area contributed by atoms with Crippen LogP contribution in [0.1, 0.15) is 132 Å². The monoisotopic (exact) mass is 450 g/mol. The summed E-state index contributed by atoms with van der Waals surface area (Å²) < 4.78 is 5.74. The van der Waals surface area contributed by atoms with Gasteiger partial charge in [-0.3, -0.25) is 0 Å². The summed E-state index contributed by atoms with van der Waals surface area (Å²) in [5.41, 5.74) is 1.11. The Balaban J connectivity index is 2.96. The first kappa shape index (κ1) is 28.1. The van der Waals surface area contributed by atoms with Crippen LogP contribution in [0.15, 0.2) is 0 Å². The zero-order chi connectivity index (χ0) is 23.8. The van der Waals surface area contributed by atoms with Crippen molar-refractivity contribution >= 4 is 5.97 Å². The number of ether oxygens (including phenoxy) is 1. The van der Waals surface area contributed by atoms with Crippen LogP contribution in [0.4, 0.5) is 0 Å². The third-order valence-electron chi connectivity index (χ3n) is 6.18. The molecule has 0 bridgehead atoms. The number of aromatic carboxylic acids is 1. The van der Waals surface area contributed by atoms with Crippen molar-refractivity contribution in [1.29, 1.82) is 0 Å². The predicted molar refractivity (Wildman–Crippen MR) is 131 cm³/mol. The van der Waals surface area contributed by atoms with Crippen LogP contribution < -0.4 is 4.74 Å². The fraction of sp³-hybridized carbons (Fsp3) is 0.741. The van der Waals surface area contributed by atoms with Crippen LogP contribution in [0.3, 0.4) is 0 Å². The zero-order valence-corrected chi connectivity index (χ0v) is 20.7. The second kappa shape index (κ2) is 16.7. The van der Waals surface area contributed by atoms with Crippen LogP contribution in [0.5, 0.6) is 17.2 Å². The van der Waals surface area contributed by atoms with Crippen molar-refractivity contribution < 1.29 is 24.9 Å². The highest BCUT2D eigenvalue weighted by atomic mass is 16.5. The minimum absolute atomic E-state index is 0.235. The number of hydrogen-bond acceptors (Lipinski definition) is 4. The largest absolute Gasteiger partial charge is 0.504 e. The van der Waals surface area contributed by atoms with Gasteiger partial charge in [0.1, 0.15) is 11.3 Å². The number of hydrogen-bond donors (Lipinski definition) is 3. The van der Waals surface area contributed by atoms with Gasteiger partial charge in [0.25, 0.3) is 0 Å². The Morgan fingerprint density at radius 3 is 1.53 bits per heavy atom. The third-order valence-corrected chi connectivity index (χ3v) is 6.18. The van der Waals surface area contributed by atoms with Gasteiger partial charge in [-0.25, -0.2) is 4.79 Å². The first-order chi connectivity index (χ1) is 15.5. The number of carboxylic acid groups (broad SMARTS) is 1. The second-order valence-corrected chi connectivity index (χ2v) is 8.84. The zero-order valence-electron chi connectivity index (χ0n) is 20.7. The smallest absolute Gasteiger partial charge is 0.343 e. The van der Waals surface area contributed by atoms with Crippen molar-refractivity contribution in [3.63, 3.8) is 0 Å². The summed E-state index contributed by atoms with van der Waals surface area (Å²) in [4.78, 5) is 11.8. The van der Waals surface area contributed by atoms with Crippen molar-refractivity contribution in [2.75, 3.05) is 6.61 Å². The Kier molecular flexibility index (Phi) is 14.7. The predicted octanol–water partition coefficient (Wildman–Crippen LogP) is 7.78. The molecule has 0 atom stereocenters. The van der Waals surface area contributed by atoms with E-state index in [1.54, 1.807) is 0 Å². The molecule has 0 radical (unpaired) electrons. The van der Waals surface area contributed by atoms with Gasteiger partial charge in [0.2, 0.25) is 0 Å². The Morgan fingerprint density at radius 1 is 0.656 bits per heavy atom. The topological polar surface area (TPSA) is 87.0 Å². The number of unbranched alkanes of at least 4 members (excludes halogenated alkanes) is 12. The lowest BCUT2D eigenvalue weighted by Crippen LogP contribution is -2.10. The molecule has 1 aromatic carbocycles. The van der Waals surface area contributed by atoms with E-state index in [0.717, 1.165) is 44.1 Å². The summed E-state index contributed by atoms with van der Waals surface area (Å²) in [6.07, 6.45) is 17.5. The molecule has 5 nitrogen and oxygen atoms in total. The number of benzene rings is 1. The van der Waals surface area contributed by atoms with Gasteiger partial charge in [-0.15, -0.1) is 0 Å².